The highest BCUT2D eigenvalue weighted by atomic mass is 79.9. The second-order valence-corrected chi connectivity index (χ2v) is 46.8. The van der Waals surface area contributed by atoms with Gasteiger partial charge < -0.3 is 62.2 Å². The zero-order valence-electron chi connectivity index (χ0n) is 70.9. The minimum atomic E-state index is -1.72. The summed E-state index contributed by atoms with van der Waals surface area (Å²) in [6.45, 7) is 0. The number of hydrogen-bond donors (Lipinski definition) is 3. The number of hydrogen-bond acceptors (Lipinski definition) is 30. The van der Waals surface area contributed by atoms with E-state index in [1.54, 1.807) is 57.5 Å². The van der Waals surface area contributed by atoms with E-state index in [4.69, 9.17) is 43.0 Å². The highest BCUT2D eigenvalue weighted by molar-refractivity contribution is 8.93. The lowest BCUT2D eigenvalue weighted by atomic mass is 9.95. The van der Waals surface area contributed by atoms with E-state index >= 15 is 0 Å². The van der Waals surface area contributed by atoms with Gasteiger partial charge in [0.15, 0.2) is 0 Å². The molecule has 12 aliphatic rings. The molecule has 0 saturated carbocycles. The molecule has 3 N–H and O–H groups in total. The maximum atomic E-state index is 13.1. The number of quaternary nitrogens is 2. The molecule has 129 heavy (non-hydrogen) atoms. The molecule has 0 aliphatic carbocycles. The summed E-state index contributed by atoms with van der Waals surface area (Å²) in [5, 5.41) is 53.3. The van der Waals surface area contributed by atoms with Crippen LogP contribution < -0.4 is 0 Å². The predicted molar refractivity (Wildman–Crippen MR) is 521 cm³/mol. The van der Waals surface area contributed by atoms with Gasteiger partial charge in [0.25, 0.3) is 0 Å². The molecule has 24 rings (SSSR count). The quantitative estimate of drug-likeness (QED) is 0.0199. The largest absolute Gasteiger partial charge is 0.480 e. The third kappa shape index (κ3) is 19.5. The van der Waals surface area contributed by atoms with E-state index in [1.807, 2.05) is 198 Å². The van der Waals surface area contributed by atoms with E-state index in [-0.39, 0.29) is 82.2 Å². The molecular formula is C94H100Br2N4O17S12+2. The van der Waals surface area contributed by atoms with Gasteiger partial charge in [0.05, 0.1) is 44.0 Å². The summed E-state index contributed by atoms with van der Waals surface area (Å²) in [6, 6.07) is 49.6. The number of carbonyl (C=O) groups excluding carboxylic acids is 5. The number of aliphatic hydroxyl groups is 2. The zero-order chi connectivity index (χ0) is 87.7. The number of rotatable bonds is 21. The molecule has 0 radical (unpaired) electrons. The normalized spacial score (nSPS) is 28.8. The van der Waals surface area contributed by atoms with Crippen LogP contribution in [0.25, 0.3) is 0 Å². The highest BCUT2D eigenvalue weighted by Crippen LogP contribution is 2.55. The molecular weight excluding hydrogens is 2000 g/mol. The first-order valence-electron chi connectivity index (χ1n) is 42.6. The van der Waals surface area contributed by atoms with Crippen molar-refractivity contribution in [3.8, 4) is 0 Å². The van der Waals surface area contributed by atoms with Crippen LogP contribution in [0.2, 0.25) is 0 Å². The molecule has 16 atom stereocenters. The molecule has 16 unspecified atom stereocenters. The smallest absolute Gasteiger partial charge is 0.349 e. The Morgan fingerprint density at radius 1 is 0.341 bits per heavy atom. The van der Waals surface area contributed by atoms with Gasteiger partial charge in [-0.1, -0.05) is 72.8 Å². The molecule has 12 fully saturated rings. The molecule has 21 nitrogen and oxygen atoms in total. The van der Waals surface area contributed by atoms with Crippen LogP contribution >= 0.6 is 170 Å². The number of aliphatic carboxylic acids is 1. The molecule has 12 aromatic rings. The van der Waals surface area contributed by atoms with E-state index in [9.17, 15) is 39.0 Å². The maximum absolute atomic E-state index is 13.1. The first kappa shape index (κ1) is 94.7. The fourth-order valence-electron chi connectivity index (χ4n) is 20.8. The van der Waals surface area contributed by atoms with E-state index < -0.39 is 47.2 Å². The average molecular weight is 2100 g/mol. The van der Waals surface area contributed by atoms with Gasteiger partial charge in [0.2, 0.25) is 5.60 Å². The Kier molecular flexibility index (Phi) is 29.5. The summed E-state index contributed by atoms with van der Waals surface area (Å²) in [6.07, 6.45) is 9.87. The van der Waals surface area contributed by atoms with E-state index in [0.717, 1.165) is 109 Å². The molecule has 682 valence electrons. The number of fused-ring (bicyclic) bond motifs is 20. The van der Waals surface area contributed by atoms with Crippen molar-refractivity contribution in [2.45, 2.75) is 208 Å². The first-order valence-corrected chi connectivity index (χ1v) is 53.2. The van der Waals surface area contributed by atoms with Crippen LogP contribution in [0.4, 0.5) is 0 Å². The third-order valence-corrected chi connectivity index (χ3v) is 38.7. The first-order chi connectivity index (χ1) is 61.5. The third-order valence-electron chi connectivity index (χ3n) is 27.4. The standard InChI is InChI=1S/C20H14O3S4.C19H22NO4S2.C19H22NO3S2.C18H19NO3S2.C10H8O2S2.C8H13NO2.2BrH/c21-19(17(13-5-1-9-24-13)14-6-2-10-25-14)23-20(22)18(15-7-3-11-26-15)16-8-4-12-27-16;1-20(2)12-9-11(10-13(20)17-16(12)24-17)23-18(21)19(22,14-5-3-7-25-14)15-6-4-8-26-15;1-20(2)12-9-11(10-13(20)18-17(12)23-18)22-19(21)16(14-5-3-7-24-14)15-6-4-8-25-15;1-19-11-8-10(9-12(19)17-16(11)22-17)21-18(20)15(13-4-2-6-23-13)14-5-3-7-24-14;11-10(12)9(7-3-1-5-13-7)8-4-2-6-14-8;1-9-5-2-4(10)3-6(9)8-7(5)11-8;;/h1-12,17-18H;3-8,11-13,16-17,22H,9-10H2,1-2H3;3-8,11-13,16-18H,9-10H2,1-2H3;2-7,10-12,15-17H,8-9H2,1H3;1-6,9H,(H,11,12);4-8,10H,2-3H2,1H3;2*1H/q;2*+1;;;;;. The number of halogens is 2. The number of ether oxygens (including phenoxy) is 8. The van der Waals surface area contributed by atoms with Crippen LogP contribution in [0, 0.1) is 0 Å². The summed E-state index contributed by atoms with van der Waals surface area (Å²) >= 11 is 18.1. The van der Waals surface area contributed by atoms with Crippen LogP contribution in [0.1, 0.15) is 139 Å². The monoisotopic (exact) mass is 2100 g/mol. The molecule has 8 bridgehead atoms. The number of carboxylic acids is 1. The summed E-state index contributed by atoms with van der Waals surface area (Å²) in [7, 11) is 13.4. The molecule has 12 aromatic heterocycles. The Morgan fingerprint density at radius 2 is 0.574 bits per heavy atom. The minimum Gasteiger partial charge on any atom is -0.480 e. The summed E-state index contributed by atoms with van der Waals surface area (Å²) < 4.78 is 48.2. The number of aliphatic hydroxyl groups excluding tert-OH is 1. The van der Waals surface area contributed by atoms with Crippen molar-refractivity contribution < 1.29 is 90.9 Å². The summed E-state index contributed by atoms with van der Waals surface area (Å²) in [5.41, 5.74) is -1.72. The van der Waals surface area contributed by atoms with Crippen LogP contribution in [0.15, 0.2) is 210 Å². The number of carboxylic acid groups (broad SMARTS) is 1. The topological polar surface area (TPSA) is 257 Å². The van der Waals surface area contributed by atoms with Crippen molar-refractivity contribution in [1.82, 2.24) is 9.80 Å². The lowest BCUT2D eigenvalue weighted by molar-refractivity contribution is -0.938. The van der Waals surface area contributed by atoms with Crippen LogP contribution in [0.3, 0.4) is 0 Å². The molecule has 12 aliphatic heterocycles. The van der Waals surface area contributed by atoms with Crippen LogP contribution in [-0.2, 0) is 72.3 Å². The van der Waals surface area contributed by atoms with Crippen molar-refractivity contribution in [3.05, 3.63) is 269 Å². The Labute approximate surface area is 817 Å². The van der Waals surface area contributed by atoms with Crippen LogP contribution in [0.5, 0.6) is 0 Å². The van der Waals surface area contributed by atoms with E-state index in [2.05, 4.69) is 52.1 Å². The molecule has 0 spiro atoms. The van der Waals surface area contributed by atoms with E-state index in [0.29, 0.717) is 107 Å². The minimum absolute atomic E-state index is 0. The predicted octanol–water partition coefficient (Wildman–Crippen LogP) is 18.4. The number of carbonyl (C=O) groups is 6. The average Bonchev–Trinajstić information content (AvgIpc) is 1.53. The van der Waals surface area contributed by atoms with Gasteiger partial charge in [0, 0.05) is 111 Å². The maximum Gasteiger partial charge on any atom is 0.349 e. The Morgan fingerprint density at radius 3 is 0.829 bits per heavy atom. The molecule has 24 heterocycles. The molecule has 12 saturated heterocycles. The zero-order valence-corrected chi connectivity index (χ0v) is 84.2. The lowest BCUT2D eigenvalue weighted by Crippen LogP contribution is -2.60. The van der Waals surface area contributed by atoms with E-state index in [1.165, 1.54) is 90.7 Å². The van der Waals surface area contributed by atoms with Gasteiger partial charge in [-0.15, -0.1) is 170 Å². The Balaban J connectivity index is 0.000000110. The number of epoxide rings is 4. The molecule has 0 aromatic carbocycles. The summed E-state index contributed by atoms with van der Waals surface area (Å²) in [4.78, 5) is 91.7. The molecule has 0 amide bonds. The molecule has 35 heteroatoms. The number of likely N-dealkylation sites (N-methyl/N-ethyl adjacent to an activating group) is 4. The lowest BCUT2D eigenvalue weighted by Gasteiger charge is -2.45. The second-order valence-electron chi connectivity index (χ2n) is 35.1. The van der Waals surface area contributed by atoms with Crippen molar-refractivity contribution >= 4 is 206 Å². The van der Waals surface area contributed by atoms with Gasteiger partial charge in [-0.25, -0.2) is 4.79 Å². The van der Waals surface area contributed by atoms with Gasteiger partial charge in [0.1, 0.15) is 121 Å². The van der Waals surface area contributed by atoms with Crippen LogP contribution in [-0.4, -0.2) is 234 Å². The number of thiophene rings is 12. The fourth-order valence-corrected chi connectivity index (χ4v) is 31.2. The van der Waals surface area contributed by atoms with Gasteiger partial charge in [-0.3, -0.25) is 33.8 Å². The Bertz CT molecular complexity index is 5270. The summed E-state index contributed by atoms with van der Waals surface area (Å²) in [5.74, 6) is -4.80. The van der Waals surface area contributed by atoms with Crippen molar-refractivity contribution in [1.29, 1.82) is 0 Å². The van der Waals surface area contributed by atoms with Crippen molar-refractivity contribution in [3.63, 3.8) is 0 Å². The number of nitrogens with zero attached hydrogens (tertiary/aromatic N) is 4. The van der Waals surface area contributed by atoms with Gasteiger partial charge >= 0.3 is 35.8 Å². The van der Waals surface area contributed by atoms with Crippen molar-refractivity contribution in [2.75, 3.05) is 42.3 Å². The highest BCUT2D eigenvalue weighted by Gasteiger charge is 2.73. The Hall–Kier alpha value is -6.02. The van der Waals surface area contributed by atoms with Crippen molar-refractivity contribution in [2.24, 2.45) is 0 Å². The van der Waals surface area contributed by atoms with Gasteiger partial charge in [-0.2, -0.15) is 0 Å². The fraction of sp³-hybridized carbons (Fsp3) is 0.426. The number of piperidine rings is 4. The number of esters is 5. The second kappa shape index (κ2) is 40.1. The van der Waals surface area contributed by atoms with Gasteiger partial charge in [-0.05, 0) is 164 Å². The SMILES string of the molecule is Br.Br.CN1C2CC(O)CC1C1OC12.CN1C2CC(OC(=O)C(c3cccs3)c3cccs3)CC1C1OC12.C[N+]1(C)C2CC(OC(=O)C(O)(c3cccs3)c3cccs3)CC1C1OC12.C[N+]1(C)C2CC(OC(=O)C(c3cccs3)c3cccs3)CC1C1OC12.O=C(O)C(c1cccs1)c1cccs1.O=C(OC(=O)C(c1cccs1)c1cccs1)C(c1cccs1)c1cccs1. The number of morpholine rings is 4.